The molecule has 0 aromatic heterocycles. The molecule has 0 saturated carbocycles. The van der Waals surface area contributed by atoms with Crippen molar-refractivity contribution in [2.45, 2.75) is 226 Å². The minimum absolute atomic E-state index is 0.0426. The first kappa shape index (κ1) is 81.0. The van der Waals surface area contributed by atoms with E-state index in [-0.39, 0.29) is 61.7 Å². The van der Waals surface area contributed by atoms with E-state index in [1.807, 2.05) is 62.3 Å². The Morgan fingerprint density at radius 1 is 0.527 bits per heavy atom. The number of thioether (sulfide) groups is 1. The summed E-state index contributed by atoms with van der Waals surface area (Å²) in [6.45, 7) is 27.9. The molecule has 3 rings (SSSR count). The lowest BCUT2D eigenvalue weighted by Crippen LogP contribution is -2.63. The zero-order valence-corrected chi connectivity index (χ0v) is 61.4. The molecule has 1 aromatic carbocycles. The second-order valence-electron chi connectivity index (χ2n) is 28.0. The molecule has 93 heavy (non-hydrogen) atoms. The summed E-state index contributed by atoms with van der Waals surface area (Å²) in [5, 5.41) is 11.6. The summed E-state index contributed by atoms with van der Waals surface area (Å²) in [6.07, 6.45) is 0.0962. The monoisotopic (exact) mass is 1350 g/mol. The maximum absolute atomic E-state index is 15.6. The first-order chi connectivity index (χ1) is 43.1. The molecule has 0 radical (unpaired) electrons. The molecule has 11 amide bonds. The smallest absolute Gasteiger partial charge is 0.246 e. The number of hydrogen-bond acceptors (Lipinski definition) is 14. The third-order valence-electron chi connectivity index (χ3n) is 17.5. The fourth-order valence-electron chi connectivity index (χ4n) is 12.0. The molecule has 0 unspecified atom stereocenters. The van der Waals surface area contributed by atoms with E-state index in [0.717, 1.165) is 9.80 Å². The summed E-state index contributed by atoms with van der Waals surface area (Å²) < 4.78 is 12.2. The van der Waals surface area contributed by atoms with Crippen LogP contribution in [0.15, 0.2) is 23.1 Å². The van der Waals surface area contributed by atoms with E-state index in [9.17, 15) is 33.6 Å². The third kappa shape index (κ3) is 21.9. The summed E-state index contributed by atoms with van der Waals surface area (Å²) in [5.41, 5.74) is -0.556. The number of methoxy groups -OCH3 is 1. The maximum Gasteiger partial charge on any atom is 0.246 e. The van der Waals surface area contributed by atoms with Crippen molar-refractivity contribution in [1.82, 2.24) is 55.6 Å². The third-order valence-corrected chi connectivity index (χ3v) is 18.8. The summed E-state index contributed by atoms with van der Waals surface area (Å²) in [7, 11) is 11.7. The number of nitrogens with zero attached hydrogens (tertiary/aromatic N) is 7. The predicted molar refractivity (Wildman–Crippen MR) is 360 cm³/mol. The van der Waals surface area contributed by atoms with Gasteiger partial charge in [0.1, 0.15) is 71.6 Å². The fourth-order valence-corrected chi connectivity index (χ4v) is 13.6. The Morgan fingerprint density at radius 2 is 1.00 bits per heavy atom. The van der Waals surface area contributed by atoms with Crippen LogP contribution in [0.2, 0.25) is 5.02 Å². The van der Waals surface area contributed by atoms with Crippen molar-refractivity contribution in [1.29, 1.82) is 0 Å². The molecule has 1 aromatic rings. The van der Waals surface area contributed by atoms with Crippen LogP contribution in [0.25, 0.3) is 0 Å². The number of ether oxygens (including phenoxy) is 2. The predicted octanol–water partition coefficient (Wildman–Crippen LogP) is 5.51. The van der Waals surface area contributed by atoms with Crippen molar-refractivity contribution >= 4 is 88.3 Å². The highest BCUT2D eigenvalue weighted by molar-refractivity contribution is 7.99. The Kier molecular flexibility index (Phi) is 31.4. The molecular weight excluding hydrogens is 1230 g/mol. The number of halogens is 1. The number of benzene rings is 1. The molecule has 2 fully saturated rings. The van der Waals surface area contributed by atoms with Crippen molar-refractivity contribution < 1.29 is 62.2 Å². The molecule has 0 aliphatic carbocycles. The molecule has 0 spiro atoms. The van der Waals surface area contributed by atoms with E-state index in [1.54, 1.807) is 52.8 Å². The number of amides is 11. The molecule has 24 nitrogen and oxygen atoms in total. The Hall–Kier alpha value is -6.21. The molecule has 2 saturated heterocycles. The first-order valence-corrected chi connectivity index (χ1v) is 34.1. The van der Waals surface area contributed by atoms with E-state index in [4.69, 9.17) is 21.1 Å². The van der Waals surface area contributed by atoms with Gasteiger partial charge in [-0.15, -0.1) is 0 Å². The van der Waals surface area contributed by atoms with Crippen LogP contribution in [-0.4, -0.2) is 234 Å². The van der Waals surface area contributed by atoms with Crippen LogP contribution in [0, 0.1) is 41.4 Å². The van der Waals surface area contributed by atoms with Gasteiger partial charge < -0.3 is 65.0 Å². The van der Waals surface area contributed by atoms with Gasteiger partial charge in [-0.3, -0.25) is 52.7 Å². The molecule has 526 valence electrons. The number of rotatable bonds is 15. The number of carbonyl (C=O) groups excluding carboxylic acids is 11. The minimum atomic E-state index is -1.42. The molecule has 2 aliphatic heterocycles. The van der Waals surface area contributed by atoms with Crippen LogP contribution in [0.3, 0.4) is 0 Å². The molecule has 0 bridgehead atoms. The zero-order chi connectivity index (χ0) is 71.1. The van der Waals surface area contributed by atoms with Gasteiger partial charge in [0, 0.05) is 59.3 Å². The van der Waals surface area contributed by atoms with Gasteiger partial charge in [-0.2, -0.15) is 0 Å². The summed E-state index contributed by atoms with van der Waals surface area (Å²) in [5.74, 6) is -8.70. The number of likely N-dealkylation sites (N-methyl/N-ethyl adjacent to an activating group) is 7. The standard InChI is InChI=1S/C67H112ClN11O13S/c1-25-47-63(86)73(17)34-52(80)74(18)48(26-35(2)3)60(83)72-54(39(10)11)66(89)75(19)49(27-36(4)5)59(82)69-42(15)58(81)70-43(16)62(85)76(20)50(28-37(6)7)64(87)77(21)51(29-38(8)9)65(88)78(22)55(40(12)13)67(90)79(23)56(61(84)71-47)57-41(14)30-53(92-57)93-46-32-44(68)31-45(33-46)91-24/h31-33,35-43,47-51,53-57H,25-30,34H2,1-24H3,(H,69,82)(H,70,81)(H,71,84)(H,72,83)/t41-,42+,43-,47+,48+,49+,50+,51+,53+,54+,55+,56+,57-/m1/s1. The number of carbonyl (C=O) groups is 11. The summed E-state index contributed by atoms with van der Waals surface area (Å²) in [4.78, 5) is 172. The topological polar surface area (TPSA) is 277 Å². The number of nitrogens with one attached hydrogen (secondary N) is 4. The van der Waals surface area contributed by atoms with Gasteiger partial charge in [-0.1, -0.05) is 120 Å². The van der Waals surface area contributed by atoms with Crippen molar-refractivity contribution in [2.75, 3.05) is 63.0 Å². The Bertz CT molecular complexity index is 2790. The SMILES string of the molecule is CC[C@@H]1NC(=O)[C@H]([C@@H]2O[C@@H](Sc3cc(Cl)cc(OC)c3)C[C@H]2C)N(C)C(=O)[C@H](C(C)C)N(C)C(=O)[C@H](CC(C)C)N(C)C(=O)[C@H](CC(C)C)N(C)C(=O)[C@@H](C)NC(=O)[C@H](C)NC(=O)[C@H](CC(C)C)N(C)C(=O)[C@H](C(C)C)NC(=O)[C@H](CC(C)C)N(C)C(=O)CN(C)C1=O. The van der Waals surface area contributed by atoms with Crippen molar-refractivity contribution in [3.05, 3.63) is 23.2 Å². The van der Waals surface area contributed by atoms with Crippen LogP contribution < -0.4 is 26.0 Å². The highest BCUT2D eigenvalue weighted by Crippen LogP contribution is 2.41. The van der Waals surface area contributed by atoms with E-state index in [2.05, 4.69) is 21.3 Å². The molecule has 4 N–H and O–H groups in total. The van der Waals surface area contributed by atoms with Crippen LogP contribution in [-0.2, 0) is 57.5 Å². The molecule has 13 atom stereocenters. The summed E-state index contributed by atoms with van der Waals surface area (Å²) >= 11 is 7.83. The number of hydrogen-bond donors (Lipinski definition) is 4. The van der Waals surface area contributed by atoms with Gasteiger partial charge in [0.05, 0.1) is 19.8 Å². The second-order valence-corrected chi connectivity index (χ2v) is 29.7. The van der Waals surface area contributed by atoms with E-state index in [0.29, 0.717) is 17.2 Å². The fraction of sp³-hybridized carbons (Fsp3) is 0.746. The van der Waals surface area contributed by atoms with Crippen LogP contribution in [0.4, 0.5) is 0 Å². The van der Waals surface area contributed by atoms with E-state index in [1.165, 1.54) is 111 Å². The molecular formula is C67H112ClN11O13S. The zero-order valence-electron chi connectivity index (χ0n) is 59.9. The van der Waals surface area contributed by atoms with Crippen molar-refractivity contribution in [3.8, 4) is 5.75 Å². The lowest BCUT2D eigenvalue weighted by molar-refractivity contribution is -0.157. The van der Waals surface area contributed by atoms with Gasteiger partial charge >= 0.3 is 0 Å². The minimum Gasteiger partial charge on any atom is -0.497 e. The largest absolute Gasteiger partial charge is 0.497 e. The van der Waals surface area contributed by atoms with Crippen molar-refractivity contribution in [3.63, 3.8) is 0 Å². The summed E-state index contributed by atoms with van der Waals surface area (Å²) in [6, 6.07) is -6.90. The van der Waals surface area contributed by atoms with Crippen LogP contribution in [0.1, 0.15) is 149 Å². The highest BCUT2D eigenvalue weighted by Gasteiger charge is 2.49. The maximum atomic E-state index is 15.6. The average molecular weight is 1350 g/mol. The lowest BCUT2D eigenvalue weighted by Gasteiger charge is -2.41. The van der Waals surface area contributed by atoms with Gasteiger partial charge in [0.15, 0.2) is 0 Å². The second kappa shape index (κ2) is 36.1. The molecule has 2 heterocycles. The van der Waals surface area contributed by atoms with E-state index >= 15 is 19.2 Å². The van der Waals surface area contributed by atoms with Crippen molar-refractivity contribution in [2.24, 2.45) is 41.4 Å². The molecule has 26 heteroatoms. The van der Waals surface area contributed by atoms with Gasteiger partial charge in [-0.05, 0) is 112 Å². The quantitative estimate of drug-likeness (QED) is 0.169. The Labute approximate surface area is 563 Å². The lowest BCUT2D eigenvalue weighted by atomic mass is 9.93. The Balaban J connectivity index is 2.33. The van der Waals surface area contributed by atoms with E-state index < -0.39 is 155 Å². The Morgan fingerprint density at radius 3 is 1.49 bits per heavy atom. The normalized spacial score (nSPS) is 28.0. The van der Waals surface area contributed by atoms with Gasteiger partial charge in [0.2, 0.25) is 65.0 Å². The van der Waals surface area contributed by atoms with Crippen LogP contribution >= 0.6 is 23.4 Å². The average Bonchev–Trinajstić information content (AvgIpc) is 1.79. The molecule has 2 aliphatic rings. The van der Waals surface area contributed by atoms with Gasteiger partial charge in [-0.25, -0.2) is 0 Å². The van der Waals surface area contributed by atoms with Gasteiger partial charge in [0.25, 0.3) is 0 Å². The van der Waals surface area contributed by atoms with Crippen LogP contribution in [0.5, 0.6) is 5.75 Å². The highest BCUT2D eigenvalue weighted by atomic mass is 35.5. The first-order valence-electron chi connectivity index (χ1n) is 32.8.